The molecule has 0 spiro atoms. The van der Waals surface area contributed by atoms with Crippen LogP contribution in [0.3, 0.4) is 0 Å². The first-order valence-electron chi connectivity index (χ1n) is 5.77. The Kier molecular flexibility index (Phi) is 4.09. The lowest BCUT2D eigenvalue weighted by Gasteiger charge is -2.12. The van der Waals surface area contributed by atoms with Crippen molar-refractivity contribution in [2.75, 3.05) is 0 Å². The topological polar surface area (TPSA) is 59.1 Å². The first-order valence-corrected chi connectivity index (χ1v) is 6.15. The SMILES string of the molecule is N=C(N)c1c(Cl)cccc1Oc1ccc(C(F)(F)F)cc1. The maximum Gasteiger partial charge on any atom is 0.416 e. The molecule has 21 heavy (non-hydrogen) atoms. The molecule has 0 saturated carbocycles. The van der Waals surface area contributed by atoms with Crippen molar-refractivity contribution in [3.63, 3.8) is 0 Å². The Morgan fingerprint density at radius 3 is 2.24 bits per heavy atom. The van der Waals surface area contributed by atoms with E-state index in [1.807, 2.05) is 0 Å². The summed E-state index contributed by atoms with van der Waals surface area (Å²) in [5.41, 5.74) is 4.84. The fourth-order valence-electron chi connectivity index (χ4n) is 1.69. The smallest absolute Gasteiger partial charge is 0.416 e. The Morgan fingerprint density at radius 2 is 1.71 bits per heavy atom. The van der Waals surface area contributed by atoms with E-state index < -0.39 is 11.7 Å². The number of benzene rings is 2. The maximum atomic E-state index is 12.5. The summed E-state index contributed by atoms with van der Waals surface area (Å²) in [6.45, 7) is 0. The van der Waals surface area contributed by atoms with Gasteiger partial charge in [0.05, 0.1) is 16.1 Å². The highest BCUT2D eigenvalue weighted by Gasteiger charge is 2.30. The van der Waals surface area contributed by atoms with E-state index in [1.165, 1.54) is 24.3 Å². The van der Waals surface area contributed by atoms with E-state index in [2.05, 4.69) is 0 Å². The number of nitrogens with one attached hydrogen (secondary N) is 1. The molecule has 0 unspecified atom stereocenters. The molecule has 0 heterocycles. The molecule has 0 aliphatic heterocycles. The summed E-state index contributed by atoms with van der Waals surface area (Å²) in [5, 5.41) is 7.69. The third kappa shape index (κ3) is 3.46. The van der Waals surface area contributed by atoms with Crippen LogP contribution in [0.2, 0.25) is 5.02 Å². The molecular weight excluding hydrogens is 305 g/mol. The van der Waals surface area contributed by atoms with Crippen LogP contribution >= 0.6 is 11.6 Å². The minimum absolute atomic E-state index is 0.188. The monoisotopic (exact) mass is 314 g/mol. The van der Waals surface area contributed by atoms with Gasteiger partial charge in [0.25, 0.3) is 0 Å². The van der Waals surface area contributed by atoms with Crippen LogP contribution in [-0.4, -0.2) is 5.84 Å². The lowest BCUT2D eigenvalue weighted by Crippen LogP contribution is -2.13. The van der Waals surface area contributed by atoms with Crippen LogP contribution in [-0.2, 0) is 6.18 Å². The zero-order valence-electron chi connectivity index (χ0n) is 10.5. The van der Waals surface area contributed by atoms with Gasteiger partial charge in [0.1, 0.15) is 17.3 Å². The second-order valence-corrected chi connectivity index (χ2v) is 4.56. The van der Waals surface area contributed by atoms with Gasteiger partial charge in [-0.1, -0.05) is 17.7 Å². The summed E-state index contributed by atoms with van der Waals surface area (Å²) >= 11 is 5.93. The highest BCUT2D eigenvalue weighted by Crippen LogP contribution is 2.33. The largest absolute Gasteiger partial charge is 0.457 e. The Hall–Kier alpha value is -2.21. The molecule has 2 rings (SSSR count). The number of hydrogen-bond donors (Lipinski definition) is 2. The number of amidine groups is 1. The van der Waals surface area contributed by atoms with Gasteiger partial charge in [-0.3, -0.25) is 5.41 Å². The van der Waals surface area contributed by atoms with Gasteiger partial charge in [-0.25, -0.2) is 0 Å². The molecule has 0 aromatic heterocycles. The highest BCUT2D eigenvalue weighted by molar-refractivity contribution is 6.34. The van der Waals surface area contributed by atoms with Crippen LogP contribution in [0.25, 0.3) is 0 Å². The highest BCUT2D eigenvalue weighted by atomic mass is 35.5. The summed E-state index contributed by atoms with van der Waals surface area (Å²) < 4.78 is 42.8. The third-order valence-electron chi connectivity index (χ3n) is 2.65. The fraction of sp³-hybridized carbons (Fsp3) is 0.0714. The predicted octanol–water partition coefficient (Wildman–Crippen LogP) is 4.44. The number of nitrogens with two attached hydrogens (primary N) is 1. The molecule has 0 radical (unpaired) electrons. The number of rotatable bonds is 3. The Bertz CT molecular complexity index is 669. The molecular formula is C14H10ClF3N2O. The Labute approximate surface area is 123 Å². The maximum absolute atomic E-state index is 12.5. The number of alkyl halides is 3. The third-order valence-corrected chi connectivity index (χ3v) is 2.97. The van der Waals surface area contributed by atoms with Crippen LogP contribution in [0.1, 0.15) is 11.1 Å². The van der Waals surface area contributed by atoms with E-state index in [0.717, 1.165) is 12.1 Å². The normalized spacial score (nSPS) is 11.2. The van der Waals surface area contributed by atoms with Gasteiger partial charge in [-0.05, 0) is 36.4 Å². The lowest BCUT2D eigenvalue weighted by atomic mass is 10.1. The van der Waals surface area contributed by atoms with Crippen molar-refractivity contribution < 1.29 is 17.9 Å². The molecule has 7 heteroatoms. The van der Waals surface area contributed by atoms with Gasteiger partial charge < -0.3 is 10.5 Å². The quantitative estimate of drug-likeness (QED) is 0.650. The number of ether oxygens (including phenoxy) is 1. The minimum atomic E-state index is -4.40. The predicted molar refractivity (Wildman–Crippen MR) is 74.0 cm³/mol. The van der Waals surface area contributed by atoms with E-state index in [1.54, 1.807) is 6.07 Å². The lowest BCUT2D eigenvalue weighted by molar-refractivity contribution is -0.137. The molecule has 0 fully saturated rings. The van der Waals surface area contributed by atoms with E-state index in [4.69, 9.17) is 27.5 Å². The molecule has 0 aliphatic rings. The van der Waals surface area contributed by atoms with Gasteiger partial charge in [-0.15, -0.1) is 0 Å². The van der Waals surface area contributed by atoms with Crippen LogP contribution < -0.4 is 10.5 Å². The van der Waals surface area contributed by atoms with Gasteiger partial charge in [0, 0.05) is 0 Å². The average molecular weight is 315 g/mol. The zero-order valence-corrected chi connectivity index (χ0v) is 11.3. The molecule has 0 amide bonds. The van der Waals surface area contributed by atoms with Crippen molar-refractivity contribution in [3.8, 4) is 11.5 Å². The molecule has 0 atom stereocenters. The summed E-state index contributed by atoms with van der Waals surface area (Å²) in [7, 11) is 0. The molecule has 3 nitrogen and oxygen atoms in total. The minimum Gasteiger partial charge on any atom is -0.457 e. The van der Waals surface area contributed by atoms with E-state index in [0.29, 0.717) is 0 Å². The van der Waals surface area contributed by atoms with Crippen molar-refractivity contribution in [2.24, 2.45) is 5.73 Å². The first kappa shape index (κ1) is 15.2. The summed E-state index contributed by atoms with van der Waals surface area (Å²) in [6.07, 6.45) is -4.40. The second kappa shape index (κ2) is 5.65. The van der Waals surface area contributed by atoms with Gasteiger partial charge >= 0.3 is 6.18 Å². The number of halogens is 4. The van der Waals surface area contributed by atoms with Gasteiger partial charge in [0.15, 0.2) is 0 Å². The van der Waals surface area contributed by atoms with E-state index in [9.17, 15) is 13.2 Å². The standard InChI is InChI=1S/C14H10ClF3N2O/c15-10-2-1-3-11(12(10)13(19)20)21-9-6-4-8(5-7-9)14(16,17)18/h1-7H,(H3,19,20). The Morgan fingerprint density at radius 1 is 1.10 bits per heavy atom. The molecule has 110 valence electrons. The van der Waals surface area contributed by atoms with Crippen molar-refractivity contribution in [1.29, 1.82) is 5.41 Å². The van der Waals surface area contributed by atoms with Gasteiger partial charge in [-0.2, -0.15) is 13.2 Å². The molecule has 3 N–H and O–H groups in total. The summed E-state index contributed by atoms with van der Waals surface area (Å²) in [4.78, 5) is 0. The van der Waals surface area contributed by atoms with Gasteiger partial charge in [0.2, 0.25) is 0 Å². The van der Waals surface area contributed by atoms with Crippen molar-refractivity contribution >= 4 is 17.4 Å². The first-order chi connectivity index (χ1) is 9.79. The molecule has 2 aromatic rings. The Balaban J connectivity index is 2.31. The zero-order chi connectivity index (χ0) is 15.6. The number of hydrogen-bond acceptors (Lipinski definition) is 2. The van der Waals surface area contributed by atoms with Crippen LogP contribution in [0.15, 0.2) is 42.5 Å². The van der Waals surface area contributed by atoms with Crippen molar-refractivity contribution in [2.45, 2.75) is 6.18 Å². The summed E-state index contributed by atoms with van der Waals surface area (Å²) in [6, 6.07) is 8.86. The average Bonchev–Trinajstić information content (AvgIpc) is 2.38. The van der Waals surface area contributed by atoms with Crippen LogP contribution in [0.5, 0.6) is 11.5 Å². The van der Waals surface area contributed by atoms with E-state index >= 15 is 0 Å². The second-order valence-electron chi connectivity index (χ2n) is 4.15. The molecule has 0 saturated heterocycles. The van der Waals surface area contributed by atoms with Crippen LogP contribution in [0.4, 0.5) is 13.2 Å². The molecule has 0 aliphatic carbocycles. The van der Waals surface area contributed by atoms with Crippen molar-refractivity contribution in [3.05, 3.63) is 58.6 Å². The van der Waals surface area contributed by atoms with E-state index in [-0.39, 0.29) is 27.9 Å². The number of nitrogen functional groups attached to an aromatic ring is 1. The summed E-state index contributed by atoms with van der Waals surface area (Å²) in [5.74, 6) is 0.102. The fourth-order valence-corrected chi connectivity index (χ4v) is 1.96. The molecule has 0 bridgehead atoms. The molecule has 2 aromatic carbocycles. The van der Waals surface area contributed by atoms with Crippen LogP contribution in [0, 0.1) is 5.41 Å². The van der Waals surface area contributed by atoms with Crippen molar-refractivity contribution in [1.82, 2.24) is 0 Å².